The molecule has 0 unspecified atom stereocenters. The van der Waals surface area contributed by atoms with E-state index in [-0.39, 0.29) is 0 Å². The van der Waals surface area contributed by atoms with Crippen LogP contribution in [-0.4, -0.2) is 33.1 Å². The van der Waals surface area contributed by atoms with Crippen LogP contribution in [0.15, 0.2) is 42.5 Å². The lowest BCUT2D eigenvalue weighted by molar-refractivity contribution is 0.331. The first-order chi connectivity index (χ1) is 9.33. The van der Waals surface area contributed by atoms with Crippen LogP contribution < -0.4 is 0 Å². The molecule has 0 amide bonds. The highest BCUT2D eigenvalue weighted by molar-refractivity contribution is 5.97. The minimum Gasteiger partial charge on any atom is -0.450 e. The topological polar surface area (TPSA) is 12.5 Å². The molecule has 1 fully saturated rings. The number of nitrogens with zero attached hydrogens (tertiary/aromatic N) is 1. The summed E-state index contributed by atoms with van der Waals surface area (Å²) in [5.74, 6) is 0. The van der Waals surface area contributed by atoms with E-state index in [4.69, 9.17) is 0 Å². The highest BCUT2D eigenvalue weighted by atomic mass is 16.4. The monoisotopic (exact) mass is 253 g/mol. The molecule has 98 valence electrons. The van der Waals surface area contributed by atoms with Crippen LogP contribution in [-0.2, 0) is 11.2 Å². The van der Waals surface area contributed by atoms with Crippen LogP contribution in [0.5, 0.6) is 0 Å². The van der Waals surface area contributed by atoms with Gasteiger partial charge in [-0.05, 0) is 48.3 Å². The Kier molecular flexibility index (Phi) is 5.43. The van der Waals surface area contributed by atoms with Gasteiger partial charge in [0.15, 0.2) is 0 Å². The van der Waals surface area contributed by atoms with Crippen LogP contribution >= 0.6 is 0 Å². The first kappa shape index (κ1) is 14.1. The van der Waals surface area contributed by atoms with Crippen LogP contribution in [0, 0.1) is 0 Å². The normalized spacial score (nSPS) is 15.2. The molecule has 0 N–H and O–H groups in total. The van der Waals surface area contributed by atoms with Gasteiger partial charge in [-0.3, -0.25) is 4.90 Å². The summed E-state index contributed by atoms with van der Waals surface area (Å²) in [6.07, 6.45) is 2.74. The quantitative estimate of drug-likeness (QED) is 0.762. The fourth-order valence-electron chi connectivity index (χ4n) is 2.54. The van der Waals surface area contributed by atoms with E-state index in [9.17, 15) is 0 Å². The van der Waals surface area contributed by atoms with Crippen LogP contribution in [0.3, 0.4) is 0 Å². The predicted molar refractivity (Wildman–Crippen MR) is 81.2 cm³/mol. The lowest BCUT2D eigenvalue weighted by atomic mass is 10.1. The molecule has 1 heterocycles. The third-order valence-corrected chi connectivity index (χ3v) is 3.42. The summed E-state index contributed by atoms with van der Waals surface area (Å²) in [7, 11) is 5.75. The molecule has 2 aromatic carbocycles. The van der Waals surface area contributed by atoms with Crippen molar-refractivity contribution in [3.05, 3.63) is 48.0 Å². The average Bonchev–Trinajstić information content (AvgIpc) is 2.92. The number of likely N-dealkylation sites (tertiary alicyclic amines) is 1. The molecule has 1 aliphatic rings. The smallest absolute Gasteiger partial charge is 0.282 e. The largest absolute Gasteiger partial charge is 0.450 e. The maximum atomic E-state index is 4.35. The SMILES string of the molecule is [B]OC.c1ccc2cc(CN3CCCC3)ccc2c1. The lowest BCUT2D eigenvalue weighted by Gasteiger charge is -2.14. The Balaban J connectivity index is 0.000000408. The van der Waals surface area contributed by atoms with E-state index in [1.807, 2.05) is 0 Å². The Morgan fingerprint density at radius 1 is 1.05 bits per heavy atom. The maximum absolute atomic E-state index is 4.35. The highest BCUT2D eigenvalue weighted by Crippen LogP contribution is 2.18. The molecule has 2 radical (unpaired) electrons. The van der Waals surface area contributed by atoms with Crippen LogP contribution in [0.1, 0.15) is 18.4 Å². The summed E-state index contributed by atoms with van der Waals surface area (Å²) in [4.78, 5) is 2.55. The molecule has 2 aromatic rings. The number of fused-ring (bicyclic) bond motifs is 1. The highest BCUT2D eigenvalue weighted by Gasteiger charge is 2.11. The molecule has 19 heavy (non-hydrogen) atoms. The van der Waals surface area contributed by atoms with Gasteiger partial charge in [0, 0.05) is 13.7 Å². The van der Waals surface area contributed by atoms with E-state index in [1.54, 1.807) is 0 Å². The fourth-order valence-corrected chi connectivity index (χ4v) is 2.54. The van der Waals surface area contributed by atoms with Gasteiger partial charge in [0.05, 0.1) is 0 Å². The number of hydrogen-bond acceptors (Lipinski definition) is 2. The molecular formula is C16H20BNO. The second kappa shape index (κ2) is 7.32. The second-order valence-electron chi connectivity index (χ2n) is 4.90. The van der Waals surface area contributed by atoms with Crippen molar-refractivity contribution in [2.24, 2.45) is 0 Å². The molecule has 0 aliphatic carbocycles. The summed E-state index contributed by atoms with van der Waals surface area (Å²) >= 11 is 0. The molecule has 0 atom stereocenters. The third kappa shape index (κ3) is 4.08. The van der Waals surface area contributed by atoms with Gasteiger partial charge in [-0.1, -0.05) is 36.4 Å². The summed E-state index contributed by atoms with van der Waals surface area (Å²) < 4.78 is 3.75. The van der Waals surface area contributed by atoms with Crippen molar-refractivity contribution in [2.75, 3.05) is 20.2 Å². The van der Waals surface area contributed by atoms with Gasteiger partial charge in [-0.25, -0.2) is 0 Å². The van der Waals surface area contributed by atoms with Crippen molar-refractivity contribution in [1.29, 1.82) is 0 Å². The van der Waals surface area contributed by atoms with Gasteiger partial charge < -0.3 is 4.65 Å². The Morgan fingerprint density at radius 3 is 2.37 bits per heavy atom. The van der Waals surface area contributed by atoms with Crippen LogP contribution in [0.25, 0.3) is 10.8 Å². The molecular weight excluding hydrogens is 233 g/mol. The molecule has 0 spiro atoms. The van der Waals surface area contributed by atoms with Crippen molar-refractivity contribution < 1.29 is 4.65 Å². The minimum absolute atomic E-state index is 1.12. The van der Waals surface area contributed by atoms with Gasteiger partial charge in [-0.15, -0.1) is 0 Å². The molecule has 2 nitrogen and oxygen atoms in total. The standard InChI is InChI=1S/C15H17N.CH3BO/c1-2-6-15-11-13(7-8-14(15)5-1)12-16-9-3-4-10-16;1-3-2/h1-2,5-8,11H,3-4,9-10,12H2;1H3. The minimum atomic E-state index is 1.12. The van der Waals surface area contributed by atoms with Gasteiger partial charge in [0.25, 0.3) is 8.05 Å². The second-order valence-corrected chi connectivity index (χ2v) is 4.90. The zero-order valence-corrected chi connectivity index (χ0v) is 11.5. The molecule has 3 rings (SSSR count). The molecule has 0 bridgehead atoms. The summed E-state index contributed by atoms with van der Waals surface area (Å²) in [6, 6.07) is 15.4. The van der Waals surface area contributed by atoms with Crippen molar-refractivity contribution in [3.63, 3.8) is 0 Å². The van der Waals surface area contributed by atoms with Gasteiger partial charge in [-0.2, -0.15) is 0 Å². The van der Waals surface area contributed by atoms with E-state index in [0.717, 1.165) is 6.54 Å². The summed E-state index contributed by atoms with van der Waals surface area (Å²) in [5, 5.41) is 2.70. The Labute approximate surface area is 116 Å². The molecule has 0 aromatic heterocycles. The Bertz CT molecular complexity index is 509. The molecule has 1 saturated heterocycles. The van der Waals surface area contributed by atoms with E-state index in [0.29, 0.717) is 0 Å². The van der Waals surface area contributed by atoms with Crippen LogP contribution in [0.2, 0.25) is 0 Å². The summed E-state index contributed by atoms with van der Waals surface area (Å²) in [5.41, 5.74) is 1.44. The van der Waals surface area contributed by atoms with Crippen molar-refractivity contribution in [3.8, 4) is 0 Å². The van der Waals surface area contributed by atoms with Crippen molar-refractivity contribution in [2.45, 2.75) is 19.4 Å². The van der Waals surface area contributed by atoms with Crippen LogP contribution in [0.4, 0.5) is 0 Å². The Morgan fingerprint density at radius 2 is 1.68 bits per heavy atom. The first-order valence-corrected chi connectivity index (χ1v) is 6.76. The molecule has 0 saturated carbocycles. The maximum Gasteiger partial charge on any atom is 0.282 e. The van der Waals surface area contributed by atoms with Gasteiger partial charge >= 0.3 is 0 Å². The zero-order valence-electron chi connectivity index (χ0n) is 11.5. The zero-order chi connectivity index (χ0) is 13.5. The predicted octanol–water partition coefficient (Wildman–Crippen LogP) is 3.15. The van der Waals surface area contributed by atoms with Crippen molar-refractivity contribution in [1.82, 2.24) is 4.90 Å². The fraction of sp³-hybridized carbons (Fsp3) is 0.375. The van der Waals surface area contributed by atoms with Gasteiger partial charge in [0.1, 0.15) is 0 Å². The lowest BCUT2D eigenvalue weighted by Crippen LogP contribution is -2.18. The Hall–Kier alpha value is -1.32. The third-order valence-electron chi connectivity index (χ3n) is 3.42. The number of hydrogen-bond donors (Lipinski definition) is 0. The average molecular weight is 253 g/mol. The molecule has 3 heteroatoms. The van der Waals surface area contributed by atoms with Gasteiger partial charge in [0.2, 0.25) is 0 Å². The number of benzene rings is 2. The first-order valence-electron chi connectivity index (χ1n) is 6.76. The van der Waals surface area contributed by atoms with E-state index < -0.39 is 0 Å². The number of rotatable bonds is 2. The summed E-state index contributed by atoms with van der Waals surface area (Å²) in [6.45, 7) is 3.66. The van der Waals surface area contributed by atoms with E-state index in [2.05, 4.69) is 60.1 Å². The van der Waals surface area contributed by atoms with E-state index >= 15 is 0 Å². The van der Waals surface area contributed by atoms with E-state index in [1.165, 1.54) is 49.4 Å². The van der Waals surface area contributed by atoms with Crippen molar-refractivity contribution >= 4 is 18.8 Å². The molecule has 1 aliphatic heterocycles.